The Morgan fingerprint density at radius 1 is 1.42 bits per heavy atom. The second kappa shape index (κ2) is 4.94. The minimum absolute atomic E-state index is 0.0564. The number of esters is 2. The number of carbonyl (C=O) groups excluding carboxylic acids is 3. The van der Waals surface area contributed by atoms with E-state index in [1.54, 1.807) is 0 Å². The van der Waals surface area contributed by atoms with E-state index in [-0.39, 0.29) is 41.9 Å². The molecule has 5 heteroatoms. The Kier molecular flexibility index (Phi) is 3.65. The summed E-state index contributed by atoms with van der Waals surface area (Å²) >= 11 is 0. The molecular weight excluding hydrogens is 248 g/mol. The Hall–Kier alpha value is -1.39. The van der Waals surface area contributed by atoms with Crippen LogP contribution < -0.4 is 0 Å². The van der Waals surface area contributed by atoms with Crippen molar-refractivity contribution in [2.75, 3.05) is 7.11 Å². The Bertz CT molecular complexity index is 416. The molecule has 0 N–H and O–H groups in total. The van der Waals surface area contributed by atoms with Crippen molar-refractivity contribution in [3.63, 3.8) is 0 Å². The lowest BCUT2D eigenvalue weighted by Gasteiger charge is -2.26. The van der Waals surface area contributed by atoms with Crippen molar-refractivity contribution < 1.29 is 23.9 Å². The maximum Gasteiger partial charge on any atom is 0.306 e. The van der Waals surface area contributed by atoms with Crippen LogP contribution in [0.2, 0.25) is 0 Å². The fraction of sp³-hybridized carbons (Fsp3) is 0.786. The van der Waals surface area contributed by atoms with Gasteiger partial charge in [-0.1, -0.05) is 6.92 Å². The second-order valence-corrected chi connectivity index (χ2v) is 5.81. The topological polar surface area (TPSA) is 69.7 Å². The Morgan fingerprint density at radius 2 is 2.11 bits per heavy atom. The molecule has 0 bridgehead atoms. The van der Waals surface area contributed by atoms with Gasteiger partial charge in [0, 0.05) is 18.3 Å². The van der Waals surface area contributed by atoms with Crippen LogP contribution in [0.5, 0.6) is 0 Å². The smallest absolute Gasteiger partial charge is 0.306 e. The zero-order chi connectivity index (χ0) is 14.2. The number of ether oxygens (including phenoxy) is 2. The SMILES string of the molecule is COC(=O)C[C@@H]1C[C@@]2(C[C@@H]1C(C)=O)OC(=O)C[C@H]2C. The van der Waals surface area contributed by atoms with E-state index in [2.05, 4.69) is 4.74 Å². The summed E-state index contributed by atoms with van der Waals surface area (Å²) in [6.45, 7) is 3.51. The quantitative estimate of drug-likeness (QED) is 0.725. The van der Waals surface area contributed by atoms with Crippen LogP contribution in [0.4, 0.5) is 0 Å². The van der Waals surface area contributed by atoms with E-state index in [1.165, 1.54) is 14.0 Å². The molecular formula is C14H20O5. The van der Waals surface area contributed by atoms with Gasteiger partial charge in [0.15, 0.2) is 0 Å². The molecule has 0 unspecified atom stereocenters. The fourth-order valence-corrected chi connectivity index (χ4v) is 3.49. The van der Waals surface area contributed by atoms with Crippen molar-refractivity contribution in [3.05, 3.63) is 0 Å². The van der Waals surface area contributed by atoms with Gasteiger partial charge in [-0.05, 0) is 25.7 Å². The van der Waals surface area contributed by atoms with Gasteiger partial charge in [0.05, 0.1) is 13.5 Å². The fourth-order valence-electron chi connectivity index (χ4n) is 3.49. The predicted molar refractivity (Wildman–Crippen MR) is 66.1 cm³/mol. The summed E-state index contributed by atoms with van der Waals surface area (Å²) in [5.41, 5.74) is -0.549. The molecule has 0 aromatic carbocycles. The van der Waals surface area contributed by atoms with Gasteiger partial charge in [0.25, 0.3) is 0 Å². The summed E-state index contributed by atoms with van der Waals surface area (Å²) in [6, 6.07) is 0. The number of ketones is 1. The average Bonchev–Trinajstić information content (AvgIpc) is 2.81. The van der Waals surface area contributed by atoms with E-state index >= 15 is 0 Å². The van der Waals surface area contributed by atoms with Gasteiger partial charge in [0.2, 0.25) is 0 Å². The highest BCUT2D eigenvalue weighted by atomic mass is 16.6. The lowest BCUT2D eigenvalue weighted by atomic mass is 9.86. The van der Waals surface area contributed by atoms with E-state index in [0.717, 1.165) is 0 Å². The van der Waals surface area contributed by atoms with Crippen molar-refractivity contribution in [1.82, 2.24) is 0 Å². The third kappa shape index (κ3) is 2.51. The molecule has 0 radical (unpaired) electrons. The number of carbonyl (C=O) groups is 3. The number of hydrogen-bond donors (Lipinski definition) is 0. The maximum atomic E-state index is 11.8. The van der Waals surface area contributed by atoms with Crippen LogP contribution in [0, 0.1) is 17.8 Å². The third-order valence-electron chi connectivity index (χ3n) is 4.61. The molecule has 0 aromatic rings. The molecule has 0 amide bonds. The molecule has 1 aliphatic carbocycles. The molecule has 1 heterocycles. The monoisotopic (exact) mass is 268 g/mol. The molecule has 5 nitrogen and oxygen atoms in total. The highest BCUT2D eigenvalue weighted by Crippen LogP contribution is 2.51. The van der Waals surface area contributed by atoms with Gasteiger partial charge < -0.3 is 9.47 Å². The highest BCUT2D eigenvalue weighted by molar-refractivity contribution is 5.81. The molecule has 2 rings (SSSR count). The van der Waals surface area contributed by atoms with Crippen LogP contribution in [0.25, 0.3) is 0 Å². The van der Waals surface area contributed by atoms with Crippen LogP contribution in [0.3, 0.4) is 0 Å². The van der Waals surface area contributed by atoms with E-state index in [9.17, 15) is 14.4 Å². The molecule has 2 fully saturated rings. The van der Waals surface area contributed by atoms with Gasteiger partial charge in [-0.2, -0.15) is 0 Å². The molecule has 1 saturated heterocycles. The number of Topliss-reactive ketones (excluding diaryl/α,β-unsaturated/α-hetero) is 1. The van der Waals surface area contributed by atoms with Crippen molar-refractivity contribution >= 4 is 17.7 Å². The zero-order valence-corrected chi connectivity index (χ0v) is 11.6. The van der Waals surface area contributed by atoms with Crippen LogP contribution in [-0.4, -0.2) is 30.4 Å². The summed E-state index contributed by atoms with van der Waals surface area (Å²) in [5, 5.41) is 0. The molecule has 19 heavy (non-hydrogen) atoms. The molecule has 0 aromatic heterocycles. The average molecular weight is 268 g/mol. The van der Waals surface area contributed by atoms with E-state index in [4.69, 9.17) is 4.74 Å². The highest BCUT2D eigenvalue weighted by Gasteiger charge is 2.56. The lowest BCUT2D eigenvalue weighted by molar-refractivity contribution is -0.149. The minimum atomic E-state index is -0.549. The molecule has 1 saturated carbocycles. The van der Waals surface area contributed by atoms with Crippen LogP contribution in [-0.2, 0) is 23.9 Å². The van der Waals surface area contributed by atoms with Gasteiger partial charge in [-0.25, -0.2) is 0 Å². The van der Waals surface area contributed by atoms with Crippen molar-refractivity contribution in [3.8, 4) is 0 Å². The first-order chi connectivity index (χ1) is 8.88. The van der Waals surface area contributed by atoms with Crippen molar-refractivity contribution in [2.24, 2.45) is 17.8 Å². The Labute approximate surface area is 112 Å². The van der Waals surface area contributed by atoms with E-state index in [0.29, 0.717) is 19.3 Å². The summed E-state index contributed by atoms with van der Waals surface area (Å²) in [7, 11) is 1.34. The Morgan fingerprint density at radius 3 is 2.58 bits per heavy atom. The molecule has 1 aliphatic heterocycles. The largest absolute Gasteiger partial charge is 0.469 e. The standard InChI is InChI=1S/C14H20O5/c1-8-4-13(17)19-14(8)6-10(5-12(16)18-3)11(7-14)9(2)15/h8,10-11H,4-7H2,1-3H3/t8-,10-,11-,14+/m1/s1. The first-order valence-corrected chi connectivity index (χ1v) is 6.67. The van der Waals surface area contributed by atoms with E-state index in [1.807, 2.05) is 6.92 Å². The summed E-state index contributed by atoms with van der Waals surface area (Å²) in [4.78, 5) is 34.7. The van der Waals surface area contributed by atoms with Gasteiger partial charge in [-0.3, -0.25) is 14.4 Å². The van der Waals surface area contributed by atoms with Gasteiger partial charge in [0.1, 0.15) is 11.4 Å². The van der Waals surface area contributed by atoms with E-state index < -0.39 is 5.60 Å². The molecule has 2 aliphatic rings. The molecule has 1 spiro atoms. The van der Waals surface area contributed by atoms with Gasteiger partial charge >= 0.3 is 11.9 Å². The van der Waals surface area contributed by atoms with Crippen LogP contribution in [0.15, 0.2) is 0 Å². The normalized spacial score (nSPS) is 37.4. The number of methoxy groups -OCH3 is 1. The first kappa shape index (κ1) is 14.0. The first-order valence-electron chi connectivity index (χ1n) is 6.67. The maximum absolute atomic E-state index is 11.8. The summed E-state index contributed by atoms with van der Waals surface area (Å²) in [5.74, 6) is -0.657. The molecule has 4 atom stereocenters. The predicted octanol–water partition coefficient (Wildman–Crippen LogP) is 1.49. The summed E-state index contributed by atoms with van der Waals surface area (Å²) in [6.07, 6.45) is 1.73. The zero-order valence-electron chi connectivity index (χ0n) is 11.6. The molecule has 106 valence electrons. The van der Waals surface area contributed by atoms with Crippen molar-refractivity contribution in [2.45, 2.75) is 45.1 Å². The van der Waals surface area contributed by atoms with Crippen molar-refractivity contribution in [1.29, 1.82) is 0 Å². The number of hydrogen-bond acceptors (Lipinski definition) is 5. The van der Waals surface area contributed by atoms with Crippen LogP contribution in [0.1, 0.15) is 39.5 Å². The second-order valence-electron chi connectivity index (χ2n) is 5.81. The lowest BCUT2D eigenvalue weighted by Crippen LogP contribution is -2.31. The number of rotatable bonds is 3. The Balaban J connectivity index is 2.18. The third-order valence-corrected chi connectivity index (χ3v) is 4.61. The van der Waals surface area contributed by atoms with Crippen LogP contribution >= 0.6 is 0 Å². The summed E-state index contributed by atoms with van der Waals surface area (Å²) < 4.78 is 10.2. The minimum Gasteiger partial charge on any atom is -0.469 e. The van der Waals surface area contributed by atoms with Gasteiger partial charge in [-0.15, -0.1) is 0 Å².